The maximum atomic E-state index is 13.1. The van der Waals surface area contributed by atoms with Crippen molar-refractivity contribution in [1.29, 1.82) is 0 Å². The van der Waals surface area contributed by atoms with Gasteiger partial charge in [-0.3, -0.25) is 0 Å². The van der Waals surface area contributed by atoms with E-state index in [1.807, 2.05) is 6.92 Å². The van der Waals surface area contributed by atoms with Crippen LogP contribution in [0.5, 0.6) is 5.75 Å². The molecular formula is C12H12ClFN2O4S. The lowest BCUT2D eigenvalue weighted by molar-refractivity contribution is 0.237. The first-order valence-electron chi connectivity index (χ1n) is 6.08. The van der Waals surface area contributed by atoms with Crippen molar-refractivity contribution in [3.05, 3.63) is 35.7 Å². The lowest BCUT2D eigenvalue weighted by Gasteiger charge is -2.07. The molecule has 0 spiro atoms. The molecule has 9 heteroatoms. The Kier molecular flexibility index (Phi) is 4.79. The molecule has 2 rings (SSSR count). The van der Waals surface area contributed by atoms with Crippen LogP contribution in [0.2, 0.25) is 0 Å². The predicted octanol–water partition coefficient (Wildman–Crippen LogP) is 2.67. The summed E-state index contributed by atoms with van der Waals surface area (Å²) in [6, 6.07) is 3.03. The van der Waals surface area contributed by atoms with E-state index in [1.165, 1.54) is 6.07 Å². The van der Waals surface area contributed by atoms with E-state index < -0.39 is 19.8 Å². The van der Waals surface area contributed by atoms with Gasteiger partial charge >= 0.3 is 0 Å². The van der Waals surface area contributed by atoms with Crippen LogP contribution in [0.4, 0.5) is 4.39 Å². The van der Waals surface area contributed by atoms with Crippen molar-refractivity contribution in [3.8, 4) is 5.75 Å². The van der Waals surface area contributed by atoms with Gasteiger partial charge in [0.05, 0.1) is 0 Å². The van der Waals surface area contributed by atoms with Gasteiger partial charge in [-0.1, -0.05) is 12.1 Å². The van der Waals surface area contributed by atoms with Gasteiger partial charge in [-0.2, -0.15) is 4.98 Å². The summed E-state index contributed by atoms with van der Waals surface area (Å²) in [4.78, 5) is 3.62. The summed E-state index contributed by atoms with van der Waals surface area (Å²) >= 11 is 0. The van der Waals surface area contributed by atoms with Gasteiger partial charge in [0.25, 0.3) is 14.9 Å². The van der Waals surface area contributed by atoms with Gasteiger partial charge in [-0.15, -0.1) is 0 Å². The van der Waals surface area contributed by atoms with E-state index in [4.69, 9.17) is 19.9 Å². The minimum atomic E-state index is -4.12. The Morgan fingerprint density at radius 2 is 2.19 bits per heavy atom. The fraction of sp³-hybridized carbons (Fsp3) is 0.333. The molecule has 0 atom stereocenters. The molecule has 6 nitrogen and oxygen atoms in total. The second-order valence-electron chi connectivity index (χ2n) is 4.17. The van der Waals surface area contributed by atoms with E-state index >= 15 is 0 Å². The van der Waals surface area contributed by atoms with Gasteiger partial charge in [-0.25, -0.2) is 12.8 Å². The van der Waals surface area contributed by atoms with E-state index in [0.717, 1.165) is 18.6 Å². The number of rotatable bonds is 6. The largest absolute Gasteiger partial charge is 0.482 e. The summed E-state index contributed by atoms with van der Waals surface area (Å²) in [6.45, 7) is 1.84. The fourth-order valence-electron chi connectivity index (χ4n) is 1.61. The van der Waals surface area contributed by atoms with Crippen molar-refractivity contribution in [2.45, 2.75) is 31.3 Å². The summed E-state index contributed by atoms with van der Waals surface area (Å²) < 4.78 is 46.1. The quantitative estimate of drug-likeness (QED) is 0.755. The van der Waals surface area contributed by atoms with E-state index in [9.17, 15) is 12.8 Å². The molecule has 0 unspecified atom stereocenters. The van der Waals surface area contributed by atoms with Gasteiger partial charge in [0, 0.05) is 17.1 Å². The molecule has 0 aliphatic carbocycles. The minimum absolute atomic E-state index is 0.0818. The second-order valence-corrected chi connectivity index (χ2v) is 6.71. The zero-order valence-corrected chi connectivity index (χ0v) is 12.6. The van der Waals surface area contributed by atoms with Crippen LogP contribution in [0.15, 0.2) is 27.6 Å². The monoisotopic (exact) mass is 334 g/mol. The van der Waals surface area contributed by atoms with Gasteiger partial charge < -0.3 is 9.26 Å². The Morgan fingerprint density at radius 3 is 2.86 bits per heavy atom. The average Bonchev–Trinajstić information content (AvgIpc) is 2.84. The van der Waals surface area contributed by atoms with Crippen molar-refractivity contribution < 1.29 is 22.1 Å². The van der Waals surface area contributed by atoms with Crippen LogP contribution in [-0.4, -0.2) is 18.6 Å². The number of hydrogen-bond donors (Lipinski definition) is 0. The molecule has 0 aliphatic heterocycles. The highest BCUT2D eigenvalue weighted by molar-refractivity contribution is 8.13. The molecule has 0 fully saturated rings. The highest BCUT2D eigenvalue weighted by atomic mass is 35.7. The molecule has 0 radical (unpaired) electrons. The first-order valence-corrected chi connectivity index (χ1v) is 8.39. The SMILES string of the molecule is CCCc1noc(COc2ccc(F)cc2S(=O)(=O)Cl)n1. The van der Waals surface area contributed by atoms with Gasteiger partial charge in [0.15, 0.2) is 12.4 Å². The molecule has 1 aromatic carbocycles. The topological polar surface area (TPSA) is 82.3 Å². The number of halogens is 2. The number of ether oxygens (including phenoxy) is 1. The maximum Gasteiger partial charge on any atom is 0.265 e. The van der Waals surface area contributed by atoms with Crippen LogP contribution in [0.1, 0.15) is 25.1 Å². The summed E-state index contributed by atoms with van der Waals surface area (Å²) in [5, 5.41) is 3.73. The van der Waals surface area contributed by atoms with Crippen molar-refractivity contribution in [3.63, 3.8) is 0 Å². The zero-order valence-electron chi connectivity index (χ0n) is 11.0. The standard InChI is InChI=1S/C12H12ClFN2O4S/c1-2-3-11-15-12(20-16-11)7-19-9-5-4-8(14)6-10(9)21(13,17)18/h4-6H,2-3,7H2,1H3. The van der Waals surface area contributed by atoms with Crippen LogP contribution in [0, 0.1) is 5.82 Å². The highest BCUT2D eigenvalue weighted by Gasteiger charge is 2.19. The van der Waals surface area contributed by atoms with Crippen LogP contribution >= 0.6 is 10.7 Å². The number of aromatic nitrogens is 2. The number of aryl methyl sites for hydroxylation is 1. The van der Waals surface area contributed by atoms with Crippen LogP contribution in [0.25, 0.3) is 0 Å². The Labute approximate surface area is 125 Å². The molecule has 0 aliphatic rings. The highest BCUT2D eigenvalue weighted by Crippen LogP contribution is 2.28. The summed E-state index contributed by atoms with van der Waals surface area (Å²) in [6.07, 6.45) is 1.54. The molecular weight excluding hydrogens is 323 g/mol. The molecule has 0 saturated carbocycles. The zero-order chi connectivity index (χ0) is 15.5. The first-order chi connectivity index (χ1) is 9.90. The summed E-state index contributed by atoms with van der Waals surface area (Å²) in [7, 11) is 1.11. The number of benzene rings is 1. The molecule has 0 saturated heterocycles. The third-order valence-electron chi connectivity index (χ3n) is 2.50. The normalized spacial score (nSPS) is 11.6. The molecule has 0 bridgehead atoms. The molecule has 1 heterocycles. The van der Waals surface area contributed by atoms with Crippen LogP contribution in [-0.2, 0) is 22.1 Å². The molecule has 0 amide bonds. The van der Waals surface area contributed by atoms with Crippen molar-refractivity contribution in [1.82, 2.24) is 10.1 Å². The lowest BCUT2D eigenvalue weighted by Crippen LogP contribution is -2.02. The lowest BCUT2D eigenvalue weighted by atomic mass is 10.3. The van der Waals surface area contributed by atoms with Crippen molar-refractivity contribution >= 4 is 19.7 Å². The van der Waals surface area contributed by atoms with Gasteiger partial charge in [-0.05, 0) is 24.6 Å². The molecule has 1 aromatic heterocycles. The molecule has 21 heavy (non-hydrogen) atoms. The summed E-state index contributed by atoms with van der Waals surface area (Å²) in [5.74, 6) is -0.0765. The Bertz CT molecular complexity index is 733. The Balaban J connectivity index is 2.16. The maximum absolute atomic E-state index is 13.1. The summed E-state index contributed by atoms with van der Waals surface area (Å²) in [5.41, 5.74) is 0. The van der Waals surface area contributed by atoms with Crippen LogP contribution < -0.4 is 4.74 Å². The third kappa shape index (κ3) is 4.15. The Hall–Kier alpha value is -1.67. The first kappa shape index (κ1) is 15.7. The average molecular weight is 335 g/mol. The Morgan fingerprint density at radius 1 is 1.43 bits per heavy atom. The molecule has 0 N–H and O–H groups in total. The predicted molar refractivity (Wildman–Crippen MR) is 72.1 cm³/mol. The smallest absolute Gasteiger partial charge is 0.265 e. The minimum Gasteiger partial charge on any atom is -0.482 e. The van der Waals surface area contributed by atoms with Crippen LogP contribution in [0.3, 0.4) is 0 Å². The number of hydrogen-bond acceptors (Lipinski definition) is 6. The van der Waals surface area contributed by atoms with E-state index in [2.05, 4.69) is 10.1 Å². The van der Waals surface area contributed by atoms with E-state index in [1.54, 1.807) is 0 Å². The van der Waals surface area contributed by atoms with Gasteiger partial charge in [0.2, 0.25) is 0 Å². The van der Waals surface area contributed by atoms with Crippen molar-refractivity contribution in [2.75, 3.05) is 0 Å². The molecule has 114 valence electrons. The number of nitrogens with zero attached hydrogens (tertiary/aromatic N) is 2. The third-order valence-corrected chi connectivity index (χ3v) is 3.85. The van der Waals surface area contributed by atoms with E-state index in [-0.39, 0.29) is 18.2 Å². The molecule has 2 aromatic rings. The van der Waals surface area contributed by atoms with E-state index in [0.29, 0.717) is 12.2 Å². The van der Waals surface area contributed by atoms with Gasteiger partial charge in [0.1, 0.15) is 16.5 Å². The second kappa shape index (κ2) is 6.40. The fourth-order valence-corrected chi connectivity index (χ4v) is 2.59. The van der Waals surface area contributed by atoms with Crippen molar-refractivity contribution in [2.24, 2.45) is 0 Å².